The molecule has 0 radical (unpaired) electrons. The van der Waals surface area contributed by atoms with Gasteiger partial charge in [0.2, 0.25) is 0 Å². The normalized spacial score (nSPS) is 11.6. The van der Waals surface area contributed by atoms with Crippen molar-refractivity contribution in [3.05, 3.63) is 28.6 Å². The quantitative estimate of drug-likeness (QED) is 0.820. The predicted octanol–water partition coefficient (Wildman–Crippen LogP) is 2.37. The third kappa shape index (κ3) is 2.68. The maximum absolute atomic E-state index is 12.5. The van der Waals surface area contributed by atoms with Gasteiger partial charge < -0.3 is 5.73 Å². The first kappa shape index (κ1) is 13.3. The molecule has 1 aromatic rings. The van der Waals surface area contributed by atoms with Crippen LogP contribution in [0, 0.1) is 11.3 Å². The van der Waals surface area contributed by atoms with Crippen molar-refractivity contribution in [2.24, 2.45) is 5.73 Å². The van der Waals surface area contributed by atoms with Gasteiger partial charge in [-0.25, -0.2) is 13.8 Å². The topological polar surface area (TPSA) is 62.7 Å². The van der Waals surface area contributed by atoms with Crippen molar-refractivity contribution in [3.8, 4) is 6.07 Å². The maximum Gasteiger partial charge on any atom is 0.417 e. The van der Waals surface area contributed by atoms with Crippen molar-refractivity contribution >= 4 is 0 Å². The Morgan fingerprint density at radius 1 is 1.41 bits per heavy atom. The zero-order valence-corrected chi connectivity index (χ0v) is 8.22. The molecule has 0 unspecified atom stereocenters. The second kappa shape index (κ2) is 4.63. The van der Waals surface area contributed by atoms with Gasteiger partial charge in [-0.2, -0.15) is 18.4 Å². The molecular formula is C9H6F5N3. The molecular weight excluding hydrogens is 245 g/mol. The molecule has 0 saturated heterocycles. The van der Waals surface area contributed by atoms with Gasteiger partial charge in [-0.1, -0.05) is 0 Å². The third-order valence-corrected chi connectivity index (χ3v) is 1.95. The Labute approximate surface area is 92.7 Å². The van der Waals surface area contributed by atoms with E-state index in [1.165, 1.54) is 6.07 Å². The molecule has 0 bridgehead atoms. The number of nitrogens with zero attached hydrogens (tertiary/aromatic N) is 2. The highest BCUT2D eigenvalue weighted by atomic mass is 19.4. The minimum atomic E-state index is -4.98. The van der Waals surface area contributed by atoms with Gasteiger partial charge in [-0.3, -0.25) is 0 Å². The molecule has 0 spiro atoms. The van der Waals surface area contributed by atoms with Crippen molar-refractivity contribution < 1.29 is 22.0 Å². The van der Waals surface area contributed by atoms with Crippen LogP contribution in [-0.4, -0.2) is 4.98 Å². The molecule has 17 heavy (non-hydrogen) atoms. The fraction of sp³-hybridized carbons (Fsp3) is 0.333. The highest BCUT2D eigenvalue weighted by Crippen LogP contribution is 2.37. The summed E-state index contributed by atoms with van der Waals surface area (Å²) in [5.41, 5.74) is 0.895. The lowest BCUT2D eigenvalue weighted by Gasteiger charge is -2.14. The van der Waals surface area contributed by atoms with E-state index in [1.807, 2.05) is 0 Å². The lowest BCUT2D eigenvalue weighted by atomic mass is 10.0. The average Bonchev–Trinajstić information content (AvgIpc) is 2.25. The number of alkyl halides is 5. The predicted molar refractivity (Wildman–Crippen MR) is 46.8 cm³/mol. The number of rotatable bonds is 2. The van der Waals surface area contributed by atoms with Crippen molar-refractivity contribution in [1.29, 1.82) is 5.26 Å². The van der Waals surface area contributed by atoms with Gasteiger partial charge in [0.25, 0.3) is 6.43 Å². The van der Waals surface area contributed by atoms with E-state index in [9.17, 15) is 22.0 Å². The smallest absolute Gasteiger partial charge is 0.325 e. The van der Waals surface area contributed by atoms with E-state index in [0.29, 0.717) is 6.07 Å². The summed E-state index contributed by atoms with van der Waals surface area (Å²) in [7, 11) is 0. The molecule has 1 heterocycles. The van der Waals surface area contributed by atoms with Gasteiger partial charge in [0.1, 0.15) is 11.8 Å². The largest absolute Gasteiger partial charge is 0.417 e. The average molecular weight is 251 g/mol. The zero-order chi connectivity index (χ0) is 13.2. The molecule has 0 fully saturated rings. The van der Waals surface area contributed by atoms with E-state index in [-0.39, 0.29) is 12.2 Å². The van der Waals surface area contributed by atoms with E-state index >= 15 is 0 Å². The van der Waals surface area contributed by atoms with E-state index in [2.05, 4.69) is 4.98 Å². The monoisotopic (exact) mass is 251 g/mol. The summed E-state index contributed by atoms with van der Waals surface area (Å²) in [5, 5.41) is 8.52. The van der Waals surface area contributed by atoms with Crippen molar-refractivity contribution in [1.82, 2.24) is 4.98 Å². The van der Waals surface area contributed by atoms with Crippen LogP contribution in [0.2, 0.25) is 0 Å². The van der Waals surface area contributed by atoms with E-state index < -0.39 is 29.4 Å². The molecule has 0 amide bonds. The molecule has 0 saturated carbocycles. The molecule has 0 aliphatic carbocycles. The Morgan fingerprint density at radius 3 is 2.35 bits per heavy atom. The van der Waals surface area contributed by atoms with Crippen LogP contribution < -0.4 is 5.73 Å². The molecule has 2 N–H and O–H groups in total. The molecule has 1 aromatic heterocycles. The first-order chi connectivity index (χ1) is 7.81. The van der Waals surface area contributed by atoms with Gasteiger partial charge in [-0.05, 0) is 6.07 Å². The summed E-state index contributed by atoms with van der Waals surface area (Å²) in [6.45, 7) is -0.374. The summed E-state index contributed by atoms with van der Waals surface area (Å²) in [6.07, 6.45) is -8.41. The summed E-state index contributed by atoms with van der Waals surface area (Å²) in [5.74, 6) is 0. The second-order valence-electron chi connectivity index (χ2n) is 3.04. The molecule has 0 atom stereocenters. The molecule has 0 aliphatic heterocycles. The molecule has 1 rings (SSSR count). The third-order valence-electron chi connectivity index (χ3n) is 1.95. The number of hydrogen-bond donors (Lipinski definition) is 1. The Morgan fingerprint density at radius 2 is 2.00 bits per heavy atom. The van der Waals surface area contributed by atoms with Crippen LogP contribution in [0.4, 0.5) is 22.0 Å². The lowest BCUT2D eigenvalue weighted by Crippen LogP contribution is -2.15. The summed E-state index contributed by atoms with van der Waals surface area (Å²) < 4.78 is 62.6. The number of aromatic nitrogens is 1. The minimum Gasteiger partial charge on any atom is -0.325 e. The molecule has 3 nitrogen and oxygen atoms in total. The van der Waals surface area contributed by atoms with Crippen LogP contribution in [0.5, 0.6) is 0 Å². The Kier molecular flexibility index (Phi) is 3.63. The Balaban J connectivity index is 3.60. The zero-order valence-electron chi connectivity index (χ0n) is 8.22. The van der Waals surface area contributed by atoms with E-state index in [0.717, 1.165) is 0 Å². The first-order valence-corrected chi connectivity index (χ1v) is 4.30. The minimum absolute atomic E-state index is 0.265. The second-order valence-corrected chi connectivity index (χ2v) is 3.04. The van der Waals surface area contributed by atoms with Gasteiger partial charge in [-0.15, -0.1) is 0 Å². The highest BCUT2D eigenvalue weighted by molar-refractivity contribution is 5.41. The first-order valence-electron chi connectivity index (χ1n) is 4.30. The number of nitriles is 1. The fourth-order valence-electron chi connectivity index (χ4n) is 1.25. The molecule has 0 aliphatic rings. The molecule has 92 valence electrons. The van der Waals surface area contributed by atoms with Crippen molar-refractivity contribution in [2.75, 3.05) is 0 Å². The van der Waals surface area contributed by atoms with Gasteiger partial charge in [0, 0.05) is 6.54 Å². The van der Waals surface area contributed by atoms with Crippen molar-refractivity contribution in [2.45, 2.75) is 19.1 Å². The van der Waals surface area contributed by atoms with E-state index in [1.54, 1.807) is 0 Å². The number of hydrogen-bond acceptors (Lipinski definition) is 3. The SMILES string of the molecule is N#Cc1nc(CN)cc(C(F)(F)F)c1C(F)F. The van der Waals surface area contributed by atoms with Crippen molar-refractivity contribution in [3.63, 3.8) is 0 Å². The van der Waals surface area contributed by atoms with Crippen LogP contribution in [-0.2, 0) is 12.7 Å². The fourth-order valence-corrected chi connectivity index (χ4v) is 1.25. The van der Waals surface area contributed by atoms with Crippen LogP contribution in [0.15, 0.2) is 6.07 Å². The highest BCUT2D eigenvalue weighted by Gasteiger charge is 2.38. The number of halogens is 5. The van der Waals surface area contributed by atoms with Gasteiger partial charge >= 0.3 is 6.18 Å². The standard InChI is InChI=1S/C9H6F5N3/c10-8(11)7-5(9(12,13)14)1-4(2-15)17-6(7)3-16/h1,8H,2,15H2. The summed E-state index contributed by atoms with van der Waals surface area (Å²) in [4.78, 5) is 3.34. The maximum atomic E-state index is 12.5. The number of pyridine rings is 1. The Bertz CT molecular complexity index is 461. The van der Waals surface area contributed by atoms with Crippen LogP contribution >= 0.6 is 0 Å². The molecule has 8 heteroatoms. The summed E-state index contributed by atoms with van der Waals surface area (Å²) in [6, 6.07) is 1.65. The van der Waals surface area contributed by atoms with Gasteiger partial charge in [0.15, 0.2) is 0 Å². The van der Waals surface area contributed by atoms with Crippen LogP contribution in [0.1, 0.15) is 28.9 Å². The van der Waals surface area contributed by atoms with E-state index in [4.69, 9.17) is 11.0 Å². The van der Waals surface area contributed by atoms with Gasteiger partial charge in [0.05, 0.1) is 16.8 Å². The summed E-state index contributed by atoms with van der Waals surface area (Å²) >= 11 is 0. The number of nitrogens with two attached hydrogens (primary N) is 1. The van der Waals surface area contributed by atoms with Crippen LogP contribution in [0.25, 0.3) is 0 Å². The van der Waals surface area contributed by atoms with Crippen LogP contribution in [0.3, 0.4) is 0 Å². The lowest BCUT2D eigenvalue weighted by molar-refractivity contribution is -0.139. The Hall–Kier alpha value is -1.75. The molecule has 0 aromatic carbocycles.